The molecule has 0 heterocycles. The van der Waals surface area contributed by atoms with Gasteiger partial charge in [0.1, 0.15) is 5.82 Å². The Hall–Kier alpha value is -0.600. The van der Waals surface area contributed by atoms with Gasteiger partial charge in [0.25, 0.3) is 0 Å². The average molecular weight is 242 g/mol. The molecule has 3 heteroatoms. The summed E-state index contributed by atoms with van der Waals surface area (Å²) in [7, 11) is 0. The Labute approximate surface area is 101 Å². The normalized spacial score (nSPS) is 19.5. The lowest BCUT2D eigenvalue weighted by Gasteiger charge is -2.17. The van der Waals surface area contributed by atoms with Gasteiger partial charge in [-0.3, -0.25) is 0 Å². The molecule has 1 nitrogen and oxygen atoms in total. The third-order valence-electron chi connectivity index (χ3n) is 3.38. The maximum Gasteiger partial charge on any atom is 0.141 e. The number of hydrogen-bond acceptors (Lipinski definition) is 1. The summed E-state index contributed by atoms with van der Waals surface area (Å²) in [5.74, 6) is -0.355. The molecule has 0 spiro atoms. The van der Waals surface area contributed by atoms with Crippen molar-refractivity contribution in [3.63, 3.8) is 0 Å². The fourth-order valence-corrected chi connectivity index (χ4v) is 1.88. The van der Waals surface area contributed by atoms with Crippen LogP contribution in [0.1, 0.15) is 38.3 Å². The number of halogens is 2. The van der Waals surface area contributed by atoms with E-state index in [0.717, 1.165) is 12.1 Å². The molecule has 0 aromatic heterocycles. The van der Waals surface area contributed by atoms with E-state index in [9.17, 15) is 4.39 Å². The van der Waals surface area contributed by atoms with Crippen LogP contribution in [-0.4, -0.2) is 6.54 Å². The Balaban J connectivity index is 1.97. The summed E-state index contributed by atoms with van der Waals surface area (Å²) < 4.78 is 13.0. The first-order valence-corrected chi connectivity index (χ1v) is 6.06. The number of benzene rings is 1. The summed E-state index contributed by atoms with van der Waals surface area (Å²) in [5.41, 5.74) is 1.52. The maximum atomic E-state index is 13.0. The first kappa shape index (κ1) is 11.9. The minimum Gasteiger partial charge on any atom is -0.310 e. The number of nitrogens with one attached hydrogen (secondary N) is 1. The fourth-order valence-electron chi connectivity index (χ4n) is 1.69. The van der Waals surface area contributed by atoms with Gasteiger partial charge in [-0.2, -0.15) is 0 Å². The summed E-state index contributed by atoms with van der Waals surface area (Å²) in [5, 5.41) is 3.66. The van der Waals surface area contributed by atoms with Crippen LogP contribution in [0.4, 0.5) is 4.39 Å². The smallest absolute Gasteiger partial charge is 0.141 e. The van der Waals surface area contributed by atoms with Crippen molar-refractivity contribution >= 4 is 11.6 Å². The molecule has 0 bridgehead atoms. The summed E-state index contributed by atoms with van der Waals surface area (Å²) in [4.78, 5) is 0. The van der Waals surface area contributed by atoms with E-state index in [1.165, 1.54) is 18.9 Å². The van der Waals surface area contributed by atoms with Gasteiger partial charge in [-0.05, 0) is 42.9 Å². The highest BCUT2D eigenvalue weighted by molar-refractivity contribution is 6.30. The van der Waals surface area contributed by atoms with Crippen LogP contribution in [0, 0.1) is 11.2 Å². The van der Waals surface area contributed by atoms with Gasteiger partial charge in [-0.25, -0.2) is 4.39 Å². The molecule has 0 aliphatic heterocycles. The molecule has 0 amide bonds. The van der Waals surface area contributed by atoms with E-state index in [-0.39, 0.29) is 16.9 Å². The Bertz CT molecular complexity index is 388. The van der Waals surface area contributed by atoms with Gasteiger partial charge in [-0.1, -0.05) is 24.6 Å². The highest BCUT2D eigenvalue weighted by Gasteiger charge is 2.36. The van der Waals surface area contributed by atoms with Crippen molar-refractivity contribution in [2.45, 2.75) is 32.7 Å². The number of hydrogen-bond donors (Lipinski definition) is 1. The van der Waals surface area contributed by atoms with E-state index in [4.69, 9.17) is 11.6 Å². The van der Waals surface area contributed by atoms with Crippen molar-refractivity contribution in [1.29, 1.82) is 0 Å². The second kappa shape index (κ2) is 4.34. The predicted molar refractivity (Wildman–Crippen MR) is 65.2 cm³/mol. The van der Waals surface area contributed by atoms with E-state index in [0.29, 0.717) is 5.41 Å². The van der Waals surface area contributed by atoms with Crippen LogP contribution in [0.2, 0.25) is 5.02 Å². The lowest BCUT2D eigenvalue weighted by atomic mass is 10.1. The molecule has 1 atom stereocenters. The molecule has 1 unspecified atom stereocenters. The van der Waals surface area contributed by atoms with E-state index >= 15 is 0 Å². The van der Waals surface area contributed by atoms with Gasteiger partial charge >= 0.3 is 0 Å². The minimum atomic E-state index is -0.355. The monoisotopic (exact) mass is 241 g/mol. The van der Waals surface area contributed by atoms with Gasteiger partial charge in [-0.15, -0.1) is 0 Å². The van der Waals surface area contributed by atoms with E-state index in [2.05, 4.69) is 19.2 Å². The van der Waals surface area contributed by atoms with Gasteiger partial charge in [0.05, 0.1) is 5.02 Å². The van der Waals surface area contributed by atoms with Crippen molar-refractivity contribution in [2.24, 2.45) is 5.41 Å². The second-order valence-corrected chi connectivity index (χ2v) is 5.49. The van der Waals surface area contributed by atoms with E-state index < -0.39 is 0 Å². The van der Waals surface area contributed by atoms with E-state index in [1.807, 2.05) is 0 Å². The van der Waals surface area contributed by atoms with Crippen LogP contribution in [-0.2, 0) is 0 Å². The van der Waals surface area contributed by atoms with Crippen LogP contribution in [0.3, 0.4) is 0 Å². The zero-order valence-corrected chi connectivity index (χ0v) is 10.4. The molecule has 0 saturated heterocycles. The van der Waals surface area contributed by atoms with Crippen LogP contribution >= 0.6 is 11.6 Å². The summed E-state index contributed by atoms with van der Waals surface area (Å²) in [6.07, 6.45) is 2.60. The largest absolute Gasteiger partial charge is 0.310 e. The lowest BCUT2D eigenvalue weighted by Crippen LogP contribution is -2.25. The van der Waals surface area contributed by atoms with Crippen molar-refractivity contribution in [1.82, 2.24) is 5.32 Å². The topological polar surface area (TPSA) is 12.0 Å². The average Bonchev–Trinajstić information content (AvgIpc) is 2.98. The van der Waals surface area contributed by atoms with Gasteiger partial charge in [0.15, 0.2) is 0 Å². The summed E-state index contributed by atoms with van der Waals surface area (Å²) in [6, 6.07) is 5.13. The van der Waals surface area contributed by atoms with Crippen LogP contribution < -0.4 is 5.32 Å². The Morgan fingerprint density at radius 1 is 1.50 bits per heavy atom. The molecule has 1 N–H and O–H groups in total. The third kappa shape index (κ3) is 2.74. The van der Waals surface area contributed by atoms with Crippen LogP contribution in [0.15, 0.2) is 18.2 Å². The standard InChI is InChI=1S/C13H17ClFN/c1-9(16-8-13(2)5-6-13)10-3-4-12(15)11(14)7-10/h3-4,7,9,16H,5-6,8H2,1-2H3. The third-order valence-corrected chi connectivity index (χ3v) is 3.67. The molecule has 1 aromatic rings. The molecule has 1 aromatic carbocycles. The van der Waals surface area contributed by atoms with Gasteiger partial charge in [0, 0.05) is 12.6 Å². The van der Waals surface area contributed by atoms with Crippen molar-refractivity contribution in [3.8, 4) is 0 Å². The highest BCUT2D eigenvalue weighted by atomic mass is 35.5. The summed E-state index contributed by atoms with van der Waals surface area (Å²) in [6.45, 7) is 5.38. The predicted octanol–water partition coefficient (Wildman–Crippen LogP) is 3.93. The minimum absolute atomic E-state index is 0.198. The summed E-state index contributed by atoms with van der Waals surface area (Å²) >= 11 is 5.76. The second-order valence-electron chi connectivity index (χ2n) is 5.09. The SMILES string of the molecule is CC(NCC1(C)CC1)c1ccc(F)c(Cl)c1. The Kier molecular flexibility index (Phi) is 3.22. The molecular formula is C13H17ClFN. The fraction of sp³-hybridized carbons (Fsp3) is 0.538. The van der Waals surface area contributed by atoms with Gasteiger partial charge < -0.3 is 5.32 Å². The van der Waals surface area contributed by atoms with Gasteiger partial charge in [0.2, 0.25) is 0 Å². The van der Waals surface area contributed by atoms with E-state index in [1.54, 1.807) is 12.1 Å². The van der Waals surface area contributed by atoms with Crippen molar-refractivity contribution < 1.29 is 4.39 Å². The van der Waals surface area contributed by atoms with Crippen molar-refractivity contribution in [2.75, 3.05) is 6.54 Å². The molecule has 88 valence electrons. The molecule has 1 fully saturated rings. The zero-order valence-electron chi connectivity index (χ0n) is 9.69. The Morgan fingerprint density at radius 2 is 2.19 bits per heavy atom. The first-order chi connectivity index (χ1) is 7.50. The number of rotatable bonds is 4. The van der Waals surface area contributed by atoms with Crippen molar-refractivity contribution in [3.05, 3.63) is 34.6 Å². The quantitative estimate of drug-likeness (QED) is 0.842. The maximum absolute atomic E-state index is 13.0. The molecule has 1 aliphatic rings. The van der Waals surface area contributed by atoms with Crippen LogP contribution in [0.25, 0.3) is 0 Å². The molecule has 2 rings (SSSR count). The molecule has 1 saturated carbocycles. The molecular weight excluding hydrogens is 225 g/mol. The zero-order chi connectivity index (χ0) is 11.8. The lowest BCUT2D eigenvalue weighted by molar-refractivity contribution is 0.457. The van der Waals surface area contributed by atoms with Crippen LogP contribution in [0.5, 0.6) is 0 Å². The molecule has 0 radical (unpaired) electrons. The highest BCUT2D eigenvalue weighted by Crippen LogP contribution is 2.44. The Morgan fingerprint density at radius 3 is 2.75 bits per heavy atom. The molecule has 1 aliphatic carbocycles. The first-order valence-electron chi connectivity index (χ1n) is 5.68. The molecule has 16 heavy (non-hydrogen) atoms.